The molecule has 3 heterocycles. The standard InChI is InChI=1S/C34H39N5O2/c1-34(2)28-21-30(39-15-17-41-18-16-39)24(5-4-10-37-11-13-38(14-12-37)25-7-8-25)20-27(28)32(40)31-26-9-6-23(22-35-3)19-29(26)36-33(31)34/h6,9,19-22,25,36H,7-8,10-18H2,1-3H3. The first-order valence-electron chi connectivity index (χ1n) is 15.0. The quantitative estimate of drug-likeness (QED) is 0.393. The molecule has 41 heavy (non-hydrogen) atoms. The Balaban J connectivity index is 1.26. The van der Waals surface area contributed by atoms with Crippen molar-refractivity contribution >= 4 is 28.6 Å². The van der Waals surface area contributed by atoms with E-state index in [-0.39, 0.29) is 11.2 Å². The molecule has 1 saturated carbocycles. The molecule has 3 fully saturated rings. The van der Waals surface area contributed by atoms with E-state index in [1.165, 1.54) is 12.8 Å². The van der Waals surface area contributed by atoms with Crippen LogP contribution in [0.3, 0.4) is 0 Å². The number of aromatic amines is 1. The number of ether oxygens (including phenoxy) is 1. The highest BCUT2D eigenvalue weighted by Gasteiger charge is 2.40. The van der Waals surface area contributed by atoms with Gasteiger partial charge in [-0.15, -0.1) is 0 Å². The molecule has 0 spiro atoms. The summed E-state index contributed by atoms with van der Waals surface area (Å²) in [5.41, 5.74) is 7.25. The number of nitrogens with one attached hydrogen (secondary N) is 1. The molecule has 3 aromatic rings. The molecule has 1 aromatic heterocycles. The van der Waals surface area contributed by atoms with E-state index in [1.54, 1.807) is 7.05 Å². The number of H-pyrrole nitrogens is 1. The van der Waals surface area contributed by atoms with Crippen LogP contribution in [0, 0.1) is 11.8 Å². The van der Waals surface area contributed by atoms with Crippen molar-refractivity contribution in [1.82, 2.24) is 14.8 Å². The molecule has 4 aliphatic rings. The first-order valence-corrected chi connectivity index (χ1v) is 15.0. The highest BCUT2D eigenvalue weighted by molar-refractivity contribution is 6.20. The van der Waals surface area contributed by atoms with Crippen LogP contribution in [-0.2, 0) is 10.2 Å². The minimum atomic E-state index is -0.370. The highest BCUT2D eigenvalue weighted by atomic mass is 16.5. The summed E-state index contributed by atoms with van der Waals surface area (Å²) in [6, 6.07) is 11.3. The fraction of sp³-hybridized carbons (Fsp3) is 0.471. The van der Waals surface area contributed by atoms with Gasteiger partial charge in [0.1, 0.15) is 0 Å². The molecule has 1 N–H and O–H groups in total. The summed E-state index contributed by atoms with van der Waals surface area (Å²) in [6.45, 7) is 12.7. The Labute approximate surface area is 242 Å². The van der Waals surface area contributed by atoms with E-state index in [0.29, 0.717) is 13.2 Å². The van der Waals surface area contributed by atoms with E-state index in [9.17, 15) is 4.79 Å². The van der Waals surface area contributed by atoms with Crippen molar-refractivity contribution in [3.8, 4) is 11.8 Å². The molecule has 2 aliphatic carbocycles. The predicted octanol–water partition coefficient (Wildman–Crippen LogP) is 4.06. The van der Waals surface area contributed by atoms with Crippen molar-refractivity contribution in [1.29, 1.82) is 0 Å². The molecule has 2 aliphatic heterocycles. The van der Waals surface area contributed by atoms with E-state index >= 15 is 0 Å². The average Bonchev–Trinajstić information content (AvgIpc) is 3.76. The second-order valence-corrected chi connectivity index (χ2v) is 12.4. The molecule has 0 amide bonds. The van der Waals surface area contributed by atoms with Gasteiger partial charge in [0.2, 0.25) is 0 Å². The molecule has 7 rings (SSSR count). The van der Waals surface area contributed by atoms with Gasteiger partial charge in [0.05, 0.1) is 31.0 Å². The van der Waals surface area contributed by atoms with E-state index in [2.05, 4.69) is 68.6 Å². The second kappa shape index (κ2) is 10.4. The number of carbonyl (C=O) groups is 1. The first kappa shape index (κ1) is 26.5. The summed E-state index contributed by atoms with van der Waals surface area (Å²) in [5.74, 6) is 7.08. The third kappa shape index (κ3) is 4.78. The zero-order valence-electron chi connectivity index (χ0n) is 24.4. The van der Waals surface area contributed by atoms with Gasteiger partial charge in [-0.3, -0.25) is 19.6 Å². The largest absolute Gasteiger partial charge is 0.378 e. The van der Waals surface area contributed by atoms with Crippen LogP contribution < -0.4 is 4.90 Å². The van der Waals surface area contributed by atoms with Crippen LogP contribution >= 0.6 is 0 Å². The van der Waals surface area contributed by atoms with Crippen LogP contribution in [0.4, 0.5) is 5.69 Å². The summed E-state index contributed by atoms with van der Waals surface area (Å²) in [7, 11) is 1.77. The van der Waals surface area contributed by atoms with Crippen molar-refractivity contribution in [3.05, 3.63) is 63.8 Å². The maximum Gasteiger partial charge on any atom is 0.195 e. The summed E-state index contributed by atoms with van der Waals surface area (Å²) in [6.07, 6.45) is 4.58. The number of nitrogens with zero attached hydrogens (tertiary/aromatic N) is 4. The van der Waals surface area contributed by atoms with Gasteiger partial charge in [-0.25, -0.2) is 0 Å². The minimum Gasteiger partial charge on any atom is -0.378 e. The van der Waals surface area contributed by atoms with Crippen molar-refractivity contribution in [3.63, 3.8) is 0 Å². The first-order chi connectivity index (χ1) is 19.9. The zero-order chi connectivity index (χ0) is 28.1. The Hall–Kier alpha value is -3.44. The number of anilines is 1. The minimum absolute atomic E-state index is 0.0743. The van der Waals surface area contributed by atoms with Gasteiger partial charge in [0.15, 0.2) is 5.78 Å². The van der Waals surface area contributed by atoms with Gasteiger partial charge in [0.25, 0.3) is 0 Å². The van der Waals surface area contributed by atoms with Crippen LogP contribution in [-0.4, -0.2) is 98.9 Å². The number of hydrogen-bond acceptors (Lipinski definition) is 6. The highest BCUT2D eigenvalue weighted by Crippen LogP contribution is 2.45. The lowest BCUT2D eigenvalue weighted by Crippen LogP contribution is -2.47. The summed E-state index contributed by atoms with van der Waals surface area (Å²) >= 11 is 0. The number of piperazine rings is 1. The number of benzene rings is 2. The van der Waals surface area contributed by atoms with Gasteiger partial charge in [-0.2, -0.15) is 0 Å². The van der Waals surface area contributed by atoms with Gasteiger partial charge in [-0.05, 0) is 42.2 Å². The third-order valence-corrected chi connectivity index (χ3v) is 9.35. The average molecular weight is 550 g/mol. The van der Waals surface area contributed by atoms with E-state index < -0.39 is 0 Å². The van der Waals surface area contributed by atoms with Gasteiger partial charge in [0, 0.05) is 91.7 Å². The number of rotatable bonds is 4. The fourth-order valence-corrected chi connectivity index (χ4v) is 6.85. The monoisotopic (exact) mass is 549 g/mol. The fourth-order valence-electron chi connectivity index (χ4n) is 6.85. The number of carbonyl (C=O) groups excluding carboxylic acids is 1. The third-order valence-electron chi connectivity index (χ3n) is 9.35. The van der Waals surface area contributed by atoms with Crippen molar-refractivity contribution in [2.75, 3.05) is 71.0 Å². The maximum absolute atomic E-state index is 14.2. The van der Waals surface area contributed by atoms with Crippen molar-refractivity contribution < 1.29 is 9.53 Å². The zero-order valence-corrected chi connectivity index (χ0v) is 24.4. The van der Waals surface area contributed by atoms with Crippen LogP contribution in [0.5, 0.6) is 0 Å². The van der Waals surface area contributed by atoms with Gasteiger partial charge >= 0.3 is 0 Å². The molecule has 7 nitrogen and oxygen atoms in total. The number of hydrogen-bond donors (Lipinski definition) is 1. The Bertz CT molecular complexity index is 1590. The van der Waals surface area contributed by atoms with Crippen molar-refractivity contribution in [2.45, 2.75) is 38.1 Å². The van der Waals surface area contributed by atoms with Crippen LogP contribution in [0.1, 0.15) is 65.0 Å². The van der Waals surface area contributed by atoms with E-state index in [0.717, 1.165) is 102 Å². The Kier molecular flexibility index (Phi) is 6.73. The Morgan fingerprint density at radius 1 is 1.07 bits per heavy atom. The number of aromatic nitrogens is 1. The number of fused-ring (bicyclic) bond motifs is 4. The second-order valence-electron chi connectivity index (χ2n) is 12.4. The lowest BCUT2D eigenvalue weighted by atomic mass is 9.70. The lowest BCUT2D eigenvalue weighted by molar-refractivity contribution is 0.103. The summed E-state index contributed by atoms with van der Waals surface area (Å²) < 4.78 is 5.67. The smallest absolute Gasteiger partial charge is 0.195 e. The van der Waals surface area contributed by atoms with Crippen LogP contribution in [0.15, 0.2) is 35.3 Å². The Morgan fingerprint density at radius 2 is 1.85 bits per heavy atom. The Morgan fingerprint density at radius 3 is 2.59 bits per heavy atom. The maximum atomic E-state index is 14.2. The molecular weight excluding hydrogens is 510 g/mol. The van der Waals surface area contributed by atoms with Crippen molar-refractivity contribution in [2.24, 2.45) is 4.99 Å². The molecular formula is C34H39N5O2. The molecule has 2 saturated heterocycles. The molecule has 0 atom stereocenters. The molecule has 212 valence electrons. The van der Waals surface area contributed by atoms with Crippen LogP contribution in [0.25, 0.3) is 10.9 Å². The van der Waals surface area contributed by atoms with E-state index in [4.69, 9.17) is 4.74 Å². The molecule has 2 aromatic carbocycles. The number of aliphatic imine (C=N–C) groups is 1. The lowest BCUT2D eigenvalue weighted by Gasteiger charge is -2.36. The number of ketones is 1. The molecule has 0 radical (unpaired) electrons. The molecule has 0 unspecified atom stereocenters. The number of morpholine rings is 1. The SMILES string of the molecule is CN=Cc1ccc2c3c([nH]c2c1)C(C)(C)c1cc(N2CCOCC2)c(C#CCN2CCN(C4CC4)CC2)cc1C3=O. The normalized spacial score (nSPS) is 21.1. The summed E-state index contributed by atoms with van der Waals surface area (Å²) in [4.78, 5) is 29.4. The predicted molar refractivity (Wildman–Crippen MR) is 165 cm³/mol. The van der Waals surface area contributed by atoms with Crippen LogP contribution in [0.2, 0.25) is 0 Å². The van der Waals surface area contributed by atoms with E-state index in [1.807, 2.05) is 18.3 Å². The van der Waals surface area contributed by atoms with Gasteiger partial charge in [-0.1, -0.05) is 37.8 Å². The molecule has 7 heteroatoms. The molecule has 0 bridgehead atoms. The topological polar surface area (TPSA) is 64.2 Å². The summed E-state index contributed by atoms with van der Waals surface area (Å²) in [5, 5.41) is 0.965. The van der Waals surface area contributed by atoms with Gasteiger partial charge < -0.3 is 14.6 Å².